The molecular formula is C12H28K2O20P2. The molecule has 0 saturated heterocycles. The number of aliphatic hydroxyl groups is 10. The number of aliphatic hydroxyl groups excluding tert-OH is 10. The molecule has 36 heavy (non-hydrogen) atoms. The summed E-state index contributed by atoms with van der Waals surface area (Å²) in [5, 5.41) is 87.1. The first-order chi connectivity index (χ1) is 15.1. The van der Waals surface area contributed by atoms with E-state index >= 15 is 0 Å². The summed E-state index contributed by atoms with van der Waals surface area (Å²) >= 11 is 0. The number of aldehydes is 2. The van der Waals surface area contributed by atoms with E-state index in [9.17, 15) is 9.59 Å². The van der Waals surface area contributed by atoms with Crippen LogP contribution in [0.4, 0.5) is 0 Å². The van der Waals surface area contributed by atoms with Crippen LogP contribution in [-0.2, 0) is 18.7 Å². The molecule has 0 spiro atoms. The van der Waals surface area contributed by atoms with Crippen molar-refractivity contribution in [2.24, 2.45) is 0 Å². The number of rotatable bonds is 10. The van der Waals surface area contributed by atoms with Crippen molar-refractivity contribution in [2.75, 3.05) is 13.2 Å². The van der Waals surface area contributed by atoms with E-state index in [0.29, 0.717) is 0 Å². The molecule has 14 N–H and O–H groups in total. The maximum absolute atomic E-state index is 9.90. The maximum Gasteiger partial charge on any atom is 1.00 e. The van der Waals surface area contributed by atoms with Crippen molar-refractivity contribution in [1.29, 1.82) is 0 Å². The molecule has 0 aromatic rings. The normalized spacial score (nSPS) is 17.3. The van der Waals surface area contributed by atoms with Gasteiger partial charge in [-0.3, -0.25) is 0 Å². The van der Waals surface area contributed by atoms with E-state index in [2.05, 4.69) is 0 Å². The molecule has 208 valence electrons. The average Bonchev–Trinajstić information content (AvgIpc) is 2.72. The van der Waals surface area contributed by atoms with E-state index in [1.54, 1.807) is 0 Å². The van der Waals surface area contributed by atoms with Crippen molar-refractivity contribution < 1.29 is 202 Å². The van der Waals surface area contributed by atoms with Crippen LogP contribution < -0.4 is 113 Å². The minimum absolute atomic E-state index is 0. The second kappa shape index (κ2) is 27.6. The summed E-state index contributed by atoms with van der Waals surface area (Å²) in [5.74, 6) is 0. The van der Waals surface area contributed by atoms with E-state index in [4.69, 9.17) is 89.6 Å². The van der Waals surface area contributed by atoms with Gasteiger partial charge in [-0.2, -0.15) is 0 Å². The third-order valence-electron chi connectivity index (χ3n) is 2.84. The summed E-state index contributed by atoms with van der Waals surface area (Å²) in [6.45, 7) is -1.52. The average molecular weight is 632 g/mol. The Morgan fingerprint density at radius 1 is 0.583 bits per heavy atom. The predicted octanol–water partition coefficient (Wildman–Crippen LogP) is -15.9. The Labute approximate surface area is 288 Å². The van der Waals surface area contributed by atoms with Crippen molar-refractivity contribution in [3.63, 3.8) is 0 Å². The van der Waals surface area contributed by atoms with Crippen molar-refractivity contribution in [2.45, 2.75) is 48.8 Å². The van der Waals surface area contributed by atoms with E-state index in [1.165, 1.54) is 0 Å². The summed E-state index contributed by atoms with van der Waals surface area (Å²) in [6.07, 6.45) is -13.7. The third-order valence-corrected chi connectivity index (χ3v) is 2.84. The van der Waals surface area contributed by atoms with Crippen LogP contribution in [0.2, 0.25) is 0 Å². The molecule has 8 atom stereocenters. The standard InChI is InChI=1S/2C6H12O6.2K.2H3O4P/c2*7-1-3(9)5(11)6(12)4(10)2-8;;;2*1-5(2,3)4/h2*1,3-6,8-12H,2H2;;;2*(H3,1,2,3,4)/q;;2*+1;;/p-2. The van der Waals surface area contributed by atoms with Crippen molar-refractivity contribution in [3.05, 3.63) is 0 Å². The first kappa shape index (κ1) is 51.2. The molecule has 0 saturated carbocycles. The summed E-state index contributed by atoms with van der Waals surface area (Å²) in [7, 11) is -9.78. The molecular weight excluding hydrogens is 604 g/mol. The molecule has 0 aliphatic heterocycles. The van der Waals surface area contributed by atoms with Gasteiger partial charge in [0, 0.05) is 0 Å². The monoisotopic (exact) mass is 632 g/mol. The summed E-state index contributed by atoms with van der Waals surface area (Å²) in [4.78, 5) is 65.6. The van der Waals surface area contributed by atoms with Crippen LogP contribution in [0, 0.1) is 0 Å². The van der Waals surface area contributed by atoms with Crippen molar-refractivity contribution in [3.8, 4) is 0 Å². The smallest absolute Gasteiger partial charge is 0.790 e. The molecule has 24 heteroatoms. The van der Waals surface area contributed by atoms with Gasteiger partial charge in [-0.1, -0.05) is 0 Å². The zero-order chi connectivity index (χ0) is 28.4. The van der Waals surface area contributed by atoms with Crippen LogP contribution in [-0.4, -0.2) is 145 Å². The van der Waals surface area contributed by atoms with Gasteiger partial charge >= 0.3 is 111 Å². The first-order valence-electron chi connectivity index (χ1n) is 8.18. The van der Waals surface area contributed by atoms with Crippen molar-refractivity contribution >= 4 is 28.2 Å². The molecule has 8 unspecified atom stereocenters. The molecule has 0 aromatic heterocycles. The van der Waals surface area contributed by atoms with Gasteiger partial charge in [0.15, 0.2) is 12.6 Å². The van der Waals surface area contributed by atoms with Crippen LogP contribution >= 0.6 is 15.6 Å². The number of phosphoric acid groups is 2. The Hall–Kier alpha value is 2.43. The fraction of sp³-hybridized carbons (Fsp3) is 0.833. The van der Waals surface area contributed by atoms with Gasteiger partial charge in [0.05, 0.1) is 21.0 Å². The topological polar surface area (TPSA) is 398 Å². The minimum Gasteiger partial charge on any atom is -0.790 e. The van der Waals surface area contributed by atoms with Crippen LogP contribution in [0.1, 0.15) is 0 Å². The van der Waals surface area contributed by atoms with Gasteiger partial charge in [0.1, 0.15) is 48.8 Å². The van der Waals surface area contributed by atoms with Crippen LogP contribution in [0.5, 0.6) is 0 Å². The molecule has 0 aliphatic carbocycles. The maximum atomic E-state index is 9.90. The molecule has 20 nitrogen and oxygen atoms in total. The largest absolute Gasteiger partial charge is 1.00 e. The van der Waals surface area contributed by atoms with E-state index in [-0.39, 0.29) is 115 Å². The van der Waals surface area contributed by atoms with Gasteiger partial charge in [-0.15, -0.1) is 0 Å². The first-order valence-corrected chi connectivity index (χ1v) is 11.2. The summed E-state index contributed by atoms with van der Waals surface area (Å²) < 4.78 is 17.5. The second-order valence-electron chi connectivity index (χ2n) is 5.70. The van der Waals surface area contributed by atoms with Gasteiger partial charge in [-0.05, 0) is 0 Å². The third kappa shape index (κ3) is 38.6. The fourth-order valence-corrected chi connectivity index (χ4v) is 1.24. The quantitative estimate of drug-likeness (QED) is 0.0603. The summed E-state index contributed by atoms with van der Waals surface area (Å²) in [6, 6.07) is 0. The zero-order valence-electron chi connectivity index (χ0n) is 18.8. The number of hydrogen-bond donors (Lipinski definition) is 14. The zero-order valence-corrected chi connectivity index (χ0v) is 26.8. The molecule has 0 heterocycles. The fourth-order valence-electron chi connectivity index (χ4n) is 1.24. The molecule has 0 rings (SSSR count). The Morgan fingerprint density at radius 2 is 0.750 bits per heavy atom. The van der Waals surface area contributed by atoms with Gasteiger partial charge in [0.25, 0.3) is 0 Å². The Balaban J connectivity index is -0.0000000881. The Bertz CT molecular complexity index is 549. The number of hydrogen-bond acceptors (Lipinski definition) is 16. The SMILES string of the molecule is O=CC(O)C(O)C(O)C(O)CO.O=CC(O)C(O)C(O)C(O)CO.O=P(O)(O)O.O=P([O-])([O-])O.[K+].[K+]. The molecule has 0 aromatic carbocycles. The number of carbonyl (C=O) groups excluding carboxylic acids is 2. The van der Waals surface area contributed by atoms with Crippen LogP contribution in [0.3, 0.4) is 0 Å². The van der Waals surface area contributed by atoms with Crippen molar-refractivity contribution in [1.82, 2.24) is 0 Å². The van der Waals surface area contributed by atoms with E-state index < -0.39 is 77.7 Å². The summed E-state index contributed by atoms with van der Waals surface area (Å²) in [5.41, 5.74) is 0. The minimum atomic E-state index is -5.14. The molecule has 0 aliphatic rings. The number of carbonyl (C=O) groups is 2. The van der Waals surface area contributed by atoms with Gasteiger partial charge in [-0.25, -0.2) is 4.57 Å². The van der Waals surface area contributed by atoms with Crippen LogP contribution in [0.25, 0.3) is 0 Å². The Kier molecular flexibility index (Phi) is 39.2. The predicted molar refractivity (Wildman–Crippen MR) is 98.4 cm³/mol. The molecule has 0 amide bonds. The van der Waals surface area contributed by atoms with E-state index in [1.807, 2.05) is 0 Å². The van der Waals surface area contributed by atoms with Gasteiger partial charge < -0.3 is 94.6 Å². The molecule has 0 bridgehead atoms. The van der Waals surface area contributed by atoms with E-state index in [0.717, 1.165) is 0 Å². The van der Waals surface area contributed by atoms with Crippen LogP contribution in [0.15, 0.2) is 0 Å². The molecule has 0 fully saturated rings. The van der Waals surface area contributed by atoms with Gasteiger partial charge in [0.2, 0.25) is 0 Å². The molecule has 0 radical (unpaired) electrons. The Morgan fingerprint density at radius 3 is 0.861 bits per heavy atom. The second-order valence-corrected chi connectivity index (χ2v) is 7.66.